The first-order valence-electron chi connectivity index (χ1n) is 6.92. The summed E-state index contributed by atoms with van der Waals surface area (Å²) in [5.41, 5.74) is 1.46. The Bertz CT molecular complexity index is 756. The summed E-state index contributed by atoms with van der Waals surface area (Å²) in [5, 5.41) is 2.74. The van der Waals surface area contributed by atoms with E-state index in [-0.39, 0.29) is 5.91 Å². The summed E-state index contributed by atoms with van der Waals surface area (Å²) in [6.07, 6.45) is 0. The molecule has 0 aliphatic carbocycles. The number of fused-ring (bicyclic) bond motifs is 1. The van der Waals surface area contributed by atoms with E-state index in [1.54, 1.807) is 55.5 Å². The molecule has 22 heavy (non-hydrogen) atoms. The largest absolute Gasteiger partial charge is 0.324 e. The standard InChI is InChI=1S/C17H14N2O3/c1-11(16(21)18-12-7-3-2-4-8-12)19-14-10-6-5-9-13(14)15(20)17(19)22/h2-11H,1H3,(H,18,21)/t11-/m0/s1. The highest BCUT2D eigenvalue weighted by atomic mass is 16.2. The van der Waals surface area contributed by atoms with Crippen molar-refractivity contribution in [2.75, 3.05) is 10.2 Å². The molecule has 3 rings (SSSR count). The van der Waals surface area contributed by atoms with Gasteiger partial charge in [-0.15, -0.1) is 0 Å². The van der Waals surface area contributed by atoms with Crippen LogP contribution < -0.4 is 10.2 Å². The topological polar surface area (TPSA) is 66.5 Å². The van der Waals surface area contributed by atoms with E-state index in [2.05, 4.69) is 5.32 Å². The lowest BCUT2D eigenvalue weighted by molar-refractivity contribution is -0.120. The van der Waals surface area contributed by atoms with E-state index < -0.39 is 17.7 Å². The van der Waals surface area contributed by atoms with Gasteiger partial charge in [-0.2, -0.15) is 0 Å². The molecule has 0 aromatic heterocycles. The maximum Gasteiger partial charge on any atom is 0.300 e. The maximum atomic E-state index is 12.3. The van der Waals surface area contributed by atoms with E-state index in [9.17, 15) is 14.4 Å². The van der Waals surface area contributed by atoms with Gasteiger partial charge in [-0.1, -0.05) is 30.3 Å². The Morgan fingerprint density at radius 1 is 1.00 bits per heavy atom. The molecule has 2 amide bonds. The molecule has 0 bridgehead atoms. The van der Waals surface area contributed by atoms with Crippen LogP contribution in [0.1, 0.15) is 17.3 Å². The van der Waals surface area contributed by atoms with Crippen LogP contribution in [0.4, 0.5) is 11.4 Å². The summed E-state index contributed by atoms with van der Waals surface area (Å²) in [5.74, 6) is -1.59. The third kappa shape index (κ3) is 2.26. The molecular formula is C17H14N2O3. The van der Waals surface area contributed by atoms with E-state index in [4.69, 9.17) is 0 Å². The number of nitrogens with zero attached hydrogens (tertiary/aromatic N) is 1. The molecule has 0 radical (unpaired) electrons. The molecule has 0 saturated heterocycles. The Labute approximate surface area is 127 Å². The van der Waals surface area contributed by atoms with Gasteiger partial charge < -0.3 is 5.32 Å². The van der Waals surface area contributed by atoms with Gasteiger partial charge in [0.1, 0.15) is 6.04 Å². The summed E-state index contributed by atoms with van der Waals surface area (Å²) >= 11 is 0. The van der Waals surface area contributed by atoms with Gasteiger partial charge in [-0.25, -0.2) is 0 Å². The normalized spacial score (nSPS) is 14.7. The van der Waals surface area contributed by atoms with Crippen LogP contribution in [0.5, 0.6) is 0 Å². The van der Waals surface area contributed by atoms with Crippen LogP contribution >= 0.6 is 0 Å². The minimum absolute atomic E-state index is 0.340. The lowest BCUT2D eigenvalue weighted by Crippen LogP contribution is -2.45. The van der Waals surface area contributed by atoms with Crippen molar-refractivity contribution in [1.29, 1.82) is 0 Å². The quantitative estimate of drug-likeness (QED) is 0.883. The molecular weight excluding hydrogens is 280 g/mol. The molecule has 2 aromatic carbocycles. The minimum atomic E-state index is -0.777. The van der Waals surface area contributed by atoms with E-state index in [1.807, 2.05) is 6.07 Å². The molecule has 0 fully saturated rings. The van der Waals surface area contributed by atoms with Crippen molar-refractivity contribution in [1.82, 2.24) is 0 Å². The molecule has 1 atom stereocenters. The number of carbonyl (C=O) groups excluding carboxylic acids is 3. The summed E-state index contributed by atoms with van der Waals surface area (Å²) in [6, 6.07) is 14.9. The summed E-state index contributed by atoms with van der Waals surface area (Å²) < 4.78 is 0. The monoisotopic (exact) mass is 294 g/mol. The number of carbonyl (C=O) groups is 3. The molecule has 5 nitrogen and oxygen atoms in total. The number of nitrogens with one attached hydrogen (secondary N) is 1. The predicted molar refractivity (Wildman–Crippen MR) is 82.8 cm³/mol. The van der Waals surface area contributed by atoms with Crippen LogP contribution in [-0.4, -0.2) is 23.6 Å². The lowest BCUT2D eigenvalue weighted by Gasteiger charge is -2.23. The van der Waals surface area contributed by atoms with Gasteiger partial charge in [-0.05, 0) is 31.2 Å². The predicted octanol–water partition coefficient (Wildman–Crippen LogP) is 2.24. The van der Waals surface area contributed by atoms with Crippen LogP contribution in [0, 0.1) is 0 Å². The third-order valence-corrected chi connectivity index (χ3v) is 3.63. The van der Waals surface area contributed by atoms with E-state index in [1.165, 1.54) is 4.90 Å². The molecule has 1 N–H and O–H groups in total. The van der Waals surface area contributed by atoms with E-state index in [0.717, 1.165) is 0 Å². The number of rotatable bonds is 3. The van der Waals surface area contributed by atoms with Crippen LogP contribution in [0.3, 0.4) is 0 Å². The van der Waals surface area contributed by atoms with Gasteiger partial charge in [-0.3, -0.25) is 19.3 Å². The van der Waals surface area contributed by atoms with E-state index >= 15 is 0 Å². The first-order valence-corrected chi connectivity index (χ1v) is 6.92. The second-order valence-electron chi connectivity index (χ2n) is 5.05. The van der Waals surface area contributed by atoms with Crippen LogP contribution in [0.15, 0.2) is 54.6 Å². The first-order chi connectivity index (χ1) is 10.6. The van der Waals surface area contributed by atoms with Gasteiger partial charge in [0.15, 0.2) is 0 Å². The van der Waals surface area contributed by atoms with Crippen LogP contribution in [-0.2, 0) is 9.59 Å². The Kier molecular flexibility index (Phi) is 3.47. The summed E-state index contributed by atoms with van der Waals surface area (Å²) in [6.45, 7) is 1.60. The van der Waals surface area contributed by atoms with Gasteiger partial charge in [0, 0.05) is 5.69 Å². The molecule has 1 heterocycles. The highest BCUT2D eigenvalue weighted by Crippen LogP contribution is 2.30. The molecule has 5 heteroatoms. The highest BCUT2D eigenvalue weighted by Gasteiger charge is 2.40. The number of anilines is 2. The number of amides is 2. The number of ketones is 1. The SMILES string of the molecule is C[C@@H](C(=O)Nc1ccccc1)N1C(=O)C(=O)c2ccccc21. The molecule has 0 unspecified atom stereocenters. The maximum absolute atomic E-state index is 12.3. The number of para-hydroxylation sites is 2. The minimum Gasteiger partial charge on any atom is -0.324 e. The summed E-state index contributed by atoms with van der Waals surface area (Å²) in [7, 11) is 0. The molecule has 0 saturated carbocycles. The third-order valence-electron chi connectivity index (χ3n) is 3.63. The second-order valence-corrected chi connectivity index (χ2v) is 5.05. The van der Waals surface area contributed by atoms with Gasteiger partial charge in [0.25, 0.3) is 11.7 Å². The highest BCUT2D eigenvalue weighted by molar-refractivity contribution is 6.52. The van der Waals surface area contributed by atoms with Crippen molar-refractivity contribution in [3.8, 4) is 0 Å². The average molecular weight is 294 g/mol. The Morgan fingerprint density at radius 2 is 1.64 bits per heavy atom. The lowest BCUT2D eigenvalue weighted by atomic mass is 10.1. The number of hydrogen-bond donors (Lipinski definition) is 1. The molecule has 1 aliphatic rings. The van der Waals surface area contributed by atoms with Crippen molar-refractivity contribution in [3.05, 3.63) is 60.2 Å². The van der Waals surface area contributed by atoms with Gasteiger partial charge in [0.2, 0.25) is 5.91 Å². The zero-order chi connectivity index (χ0) is 15.7. The molecule has 2 aromatic rings. The van der Waals surface area contributed by atoms with Crippen molar-refractivity contribution in [2.45, 2.75) is 13.0 Å². The first kappa shape index (κ1) is 14.0. The van der Waals surface area contributed by atoms with Gasteiger partial charge in [0.05, 0.1) is 11.3 Å². The van der Waals surface area contributed by atoms with E-state index in [0.29, 0.717) is 16.9 Å². The van der Waals surface area contributed by atoms with Crippen LogP contribution in [0.2, 0.25) is 0 Å². The van der Waals surface area contributed by atoms with Crippen molar-refractivity contribution in [3.63, 3.8) is 0 Å². The fourth-order valence-electron chi connectivity index (χ4n) is 2.48. The van der Waals surface area contributed by atoms with Crippen molar-refractivity contribution < 1.29 is 14.4 Å². The van der Waals surface area contributed by atoms with Crippen LogP contribution in [0.25, 0.3) is 0 Å². The van der Waals surface area contributed by atoms with Gasteiger partial charge >= 0.3 is 0 Å². The smallest absolute Gasteiger partial charge is 0.300 e. The Hall–Kier alpha value is -2.95. The van der Waals surface area contributed by atoms with Crippen molar-refractivity contribution >= 4 is 29.0 Å². The zero-order valence-electron chi connectivity index (χ0n) is 11.9. The molecule has 0 spiro atoms. The summed E-state index contributed by atoms with van der Waals surface area (Å²) in [4.78, 5) is 37.7. The Morgan fingerprint density at radius 3 is 2.36 bits per heavy atom. The Balaban J connectivity index is 1.86. The van der Waals surface area contributed by atoms with Crippen molar-refractivity contribution in [2.24, 2.45) is 0 Å². The second kappa shape index (κ2) is 5.44. The fourth-order valence-corrected chi connectivity index (χ4v) is 2.48. The zero-order valence-corrected chi connectivity index (χ0v) is 11.9. The molecule has 1 aliphatic heterocycles. The number of Topliss-reactive ketones (excluding diaryl/α,β-unsaturated/α-hetero) is 1. The fraction of sp³-hybridized carbons (Fsp3) is 0.118. The molecule has 110 valence electrons. The number of benzene rings is 2. The number of hydrogen-bond acceptors (Lipinski definition) is 3. The average Bonchev–Trinajstić information content (AvgIpc) is 2.79.